The molecule has 0 unspecified atom stereocenters. The van der Waals surface area contributed by atoms with E-state index in [0.29, 0.717) is 6.42 Å². The fourth-order valence-corrected chi connectivity index (χ4v) is 3.61. The predicted molar refractivity (Wildman–Crippen MR) is 108 cm³/mol. The minimum Gasteiger partial charge on any atom is -0.508 e. The Labute approximate surface area is 161 Å². The quantitative estimate of drug-likeness (QED) is 0.569. The number of aryl methyl sites for hydroxylation is 2. The van der Waals surface area contributed by atoms with Gasteiger partial charge in [0.15, 0.2) is 0 Å². The average Bonchev–Trinajstić information content (AvgIpc) is 2.63. The summed E-state index contributed by atoms with van der Waals surface area (Å²) in [4.78, 5) is 11.3. The van der Waals surface area contributed by atoms with Crippen molar-refractivity contribution in [2.75, 3.05) is 0 Å². The first-order valence-corrected chi connectivity index (χ1v) is 9.68. The van der Waals surface area contributed by atoms with Gasteiger partial charge in [-0.15, -0.1) is 0 Å². The minimum absolute atomic E-state index is 0.0461. The molecule has 0 bridgehead atoms. The van der Waals surface area contributed by atoms with Crippen LogP contribution in [-0.2, 0) is 23.1 Å². The summed E-state index contributed by atoms with van der Waals surface area (Å²) in [6.45, 7) is 6.17. The van der Waals surface area contributed by atoms with Gasteiger partial charge < -0.3 is 15.3 Å². The molecule has 0 aromatic heterocycles. The summed E-state index contributed by atoms with van der Waals surface area (Å²) in [6, 6.07) is 11.1. The number of carbonyl (C=O) groups is 1. The Hall–Kier alpha value is -2.49. The molecular formula is C23H30O4. The van der Waals surface area contributed by atoms with E-state index in [-0.39, 0.29) is 17.9 Å². The van der Waals surface area contributed by atoms with Crippen LogP contribution in [0.5, 0.6) is 11.5 Å². The van der Waals surface area contributed by atoms with Crippen molar-refractivity contribution in [1.29, 1.82) is 0 Å². The molecular weight excluding hydrogens is 340 g/mol. The Morgan fingerprint density at radius 2 is 1.33 bits per heavy atom. The zero-order valence-corrected chi connectivity index (χ0v) is 16.5. The van der Waals surface area contributed by atoms with Gasteiger partial charge in [-0.1, -0.05) is 57.9 Å². The fraction of sp³-hybridized carbons (Fsp3) is 0.435. The van der Waals surface area contributed by atoms with Crippen molar-refractivity contribution in [3.05, 3.63) is 58.7 Å². The van der Waals surface area contributed by atoms with E-state index in [0.717, 1.165) is 47.9 Å². The maximum Gasteiger partial charge on any atom is 0.303 e. The average molecular weight is 370 g/mol. The zero-order chi connectivity index (χ0) is 20.0. The van der Waals surface area contributed by atoms with Crippen LogP contribution in [-0.4, -0.2) is 21.3 Å². The normalized spacial score (nSPS) is 11.5. The molecule has 3 N–H and O–H groups in total. The summed E-state index contributed by atoms with van der Waals surface area (Å²) in [6.07, 6.45) is 3.86. The third-order valence-corrected chi connectivity index (χ3v) is 5.31. The van der Waals surface area contributed by atoms with E-state index in [1.807, 2.05) is 31.2 Å². The maximum atomic E-state index is 11.3. The monoisotopic (exact) mass is 370 g/mol. The number of aliphatic carboxylic acids is 1. The number of carboxylic acids is 1. The van der Waals surface area contributed by atoms with Gasteiger partial charge in [-0.3, -0.25) is 4.79 Å². The molecule has 0 aliphatic rings. The van der Waals surface area contributed by atoms with Crippen molar-refractivity contribution in [1.82, 2.24) is 0 Å². The fourth-order valence-electron chi connectivity index (χ4n) is 3.61. The van der Waals surface area contributed by atoms with Crippen LogP contribution in [0.1, 0.15) is 68.7 Å². The Bertz CT molecular complexity index is 739. The summed E-state index contributed by atoms with van der Waals surface area (Å²) >= 11 is 0. The van der Waals surface area contributed by atoms with E-state index in [4.69, 9.17) is 0 Å². The van der Waals surface area contributed by atoms with Crippen LogP contribution >= 0.6 is 0 Å². The molecule has 0 heterocycles. The molecule has 2 rings (SSSR count). The highest BCUT2D eigenvalue weighted by Crippen LogP contribution is 2.40. The summed E-state index contributed by atoms with van der Waals surface area (Å²) in [7, 11) is 0. The summed E-state index contributed by atoms with van der Waals surface area (Å²) < 4.78 is 0. The van der Waals surface area contributed by atoms with Crippen LogP contribution in [0.15, 0.2) is 36.4 Å². The SMILES string of the molecule is CCCc1cc(C(C)(CCC(=O)O)c2ccc(O)c(CCC)c2)ccc1O. The second-order valence-corrected chi connectivity index (χ2v) is 7.41. The summed E-state index contributed by atoms with van der Waals surface area (Å²) in [5, 5.41) is 29.5. The van der Waals surface area contributed by atoms with Gasteiger partial charge in [0.1, 0.15) is 11.5 Å². The Balaban J connectivity index is 2.57. The van der Waals surface area contributed by atoms with Crippen molar-refractivity contribution >= 4 is 5.97 Å². The first-order valence-electron chi connectivity index (χ1n) is 9.68. The maximum absolute atomic E-state index is 11.3. The van der Waals surface area contributed by atoms with Crippen LogP contribution in [0, 0.1) is 0 Å². The van der Waals surface area contributed by atoms with Crippen molar-refractivity contribution < 1.29 is 20.1 Å². The molecule has 0 radical (unpaired) electrons. The molecule has 0 amide bonds. The zero-order valence-electron chi connectivity index (χ0n) is 16.5. The minimum atomic E-state index is -0.832. The van der Waals surface area contributed by atoms with Crippen LogP contribution in [0.25, 0.3) is 0 Å². The molecule has 0 aliphatic carbocycles. The van der Waals surface area contributed by atoms with Gasteiger partial charge in [0.2, 0.25) is 0 Å². The van der Waals surface area contributed by atoms with E-state index in [9.17, 15) is 20.1 Å². The number of benzene rings is 2. The lowest BCUT2D eigenvalue weighted by Crippen LogP contribution is -2.25. The summed E-state index contributed by atoms with van der Waals surface area (Å²) in [5.74, 6) is -0.279. The topological polar surface area (TPSA) is 77.8 Å². The molecule has 0 spiro atoms. The first kappa shape index (κ1) is 20.8. The number of hydrogen-bond donors (Lipinski definition) is 3. The van der Waals surface area contributed by atoms with E-state index in [1.54, 1.807) is 12.1 Å². The highest BCUT2D eigenvalue weighted by molar-refractivity contribution is 5.67. The third-order valence-electron chi connectivity index (χ3n) is 5.31. The van der Waals surface area contributed by atoms with Crippen LogP contribution in [0.4, 0.5) is 0 Å². The standard InChI is InChI=1S/C23H30O4/c1-4-6-16-14-18(8-10-20(16)24)23(3,13-12-22(26)27)19-9-11-21(25)17(15-19)7-5-2/h8-11,14-15,24-25H,4-7,12-13H2,1-3H3,(H,26,27). The van der Waals surface area contributed by atoms with Crippen LogP contribution in [0.3, 0.4) is 0 Å². The Kier molecular flexibility index (Phi) is 6.89. The Morgan fingerprint density at radius 3 is 1.70 bits per heavy atom. The number of hydrogen-bond acceptors (Lipinski definition) is 3. The highest BCUT2D eigenvalue weighted by Gasteiger charge is 2.31. The van der Waals surface area contributed by atoms with Gasteiger partial charge in [0, 0.05) is 11.8 Å². The van der Waals surface area contributed by atoms with Crippen molar-refractivity contribution in [3.63, 3.8) is 0 Å². The largest absolute Gasteiger partial charge is 0.508 e. The van der Waals surface area contributed by atoms with Crippen LogP contribution < -0.4 is 0 Å². The molecule has 4 nitrogen and oxygen atoms in total. The molecule has 2 aromatic rings. The second kappa shape index (κ2) is 8.94. The van der Waals surface area contributed by atoms with Crippen molar-refractivity contribution in [3.8, 4) is 11.5 Å². The van der Waals surface area contributed by atoms with Crippen molar-refractivity contribution in [2.45, 2.75) is 64.7 Å². The summed E-state index contributed by atoms with van der Waals surface area (Å²) in [5.41, 5.74) is 3.20. The third kappa shape index (κ3) is 4.82. The van der Waals surface area contributed by atoms with Gasteiger partial charge in [-0.05, 0) is 53.6 Å². The van der Waals surface area contributed by atoms with Crippen LogP contribution in [0.2, 0.25) is 0 Å². The van der Waals surface area contributed by atoms with Gasteiger partial charge >= 0.3 is 5.97 Å². The van der Waals surface area contributed by atoms with Gasteiger partial charge in [0.25, 0.3) is 0 Å². The molecule has 0 atom stereocenters. The van der Waals surface area contributed by atoms with Crippen molar-refractivity contribution in [2.24, 2.45) is 0 Å². The second-order valence-electron chi connectivity index (χ2n) is 7.41. The predicted octanol–water partition coefficient (Wildman–Crippen LogP) is 5.17. The number of aromatic hydroxyl groups is 2. The number of phenols is 2. The van der Waals surface area contributed by atoms with E-state index in [2.05, 4.69) is 13.8 Å². The molecule has 2 aromatic carbocycles. The molecule has 0 saturated heterocycles. The lowest BCUT2D eigenvalue weighted by molar-refractivity contribution is -0.137. The van der Waals surface area contributed by atoms with Gasteiger partial charge in [-0.25, -0.2) is 0 Å². The lowest BCUT2D eigenvalue weighted by atomic mass is 9.72. The smallest absolute Gasteiger partial charge is 0.303 e. The van der Waals surface area contributed by atoms with E-state index >= 15 is 0 Å². The first-order chi connectivity index (χ1) is 12.8. The van der Waals surface area contributed by atoms with Gasteiger partial charge in [-0.2, -0.15) is 0 Å². The molecule has 0 fully saturated rings. The molecule has 4 heteroatoms. The highest BCUT2D eigenvalue weighted by atomic mass is 16.4. The molecule has 0 aliphatic heterocycles. The number of rotatable bonds is 9. The molecule has 0 saturated carbocycles. The lowest BCUT2D eigenvalue weighted by Gasteiger charge is -2.32. The number of carboxylic acid groups (broad SMARTS) is 1. The molecule has 27 heavy (non-hydrogen) atoms. The van der Waals surface area contributed by atoms with E-state index in [1.165, 1.54) is 0 Å². The van der Waals surface area contributed by atoms with Gasteiger partial charge in [0.05, 0.1) is 0 Å². The number of phenolic OH excluding ortho intramolecular Hbond substituents is 2. The molecule has 146 valence electrons. The van der Waals surface area contributed by atoms with E-state index < -0.39 is 11.4 Å². The Morgan fingerprint density at radius 1 is 0.889 bits per heavy atom.